The van der Waals surface area contributed by atoms with Crippen LogP contribution in [0.1, 0.15) is 64.6 Å². The molecule has 0 spiro atoms. The maximum absolute atomic E-state index is 11.9. The second-order valence-corrected chi connectivity index (χ2v) is 6.87. The third-order valence-corrected chi connectivity index (χ3v) is 3.80. The zero-order valence-electron chi connectivity index (χ0n) is 13.0. The van der Waals surface area contributed by atoms with Gasteiger partial charge in [0.2, 0.25) is 0 Å². The largest absolute Gasteiger partial charge is 0.312 e. The Hall–Kier alpha value is -1.16. The maximum Gasteiger partial charge on any atom is 0.140 e. The minimum atomic E-state index is 0.0737. The number of Topliss-reactive ketones (excluding diaryl/α,β-unsaturated/α-hetero) is 1. The van der Waals surface area contributed by atoms with E-state index in [2.05, 4.69) is 35.9 Å². The molecule has 1 fully saturated rings. The van der Waals surface area contributed by atoms with E-state index >= 15 is 0 Å². The second kappa shape index (κ2) is 6.53. The van der Waals surface area contributed by atoms with Gasteiger partial charge >= 0.3 is 0 Å². The number of nitrogens with one attached hydrogen (secondary N) is 1. The van der Waals surface area contributed by atoms with Crippen molar-refractivity contribution in [1.29, 1.82) is 0 Å². The number of carbonyl (C=O) groups excluding carboxylic acids is 1. The molecule has 0 bridgehead atoms. The molecule has 4 nitrogen and oxygen atoms in total. The van der Waals surface area contributed by atoms with Gasteiger partial charge in [0.25, 0.3) is 0 Å². The molecule has 0 atom stereocenters. The van der Waals surface area contributed by atoms with E-state index in [0.29, 0.717) is 18.9 Å². The predicted molar refractivity (Wildman–Crippen MR) is 80.8 cm³/mol. The molecule has 0 radical (unpaired) electrons. The number of hydrogen-bond acceptors (Lipinski definition) is 3. The van der Waals surface area contributed by atoms with Crippen molar-refractivity contribution in [2.75, 3.05) is 6.54 Å². The first-order chi connectivity index (χ1) is 9.44. The summed E-state index contributed by atoms with van der Waals surface area (Å²) in [6, 6.07) is 2.55. The molecule has 0 unspecified atom stereocenters. The highest BCUT2D eigenvalue weighted by Crippen LogP contribution is 2.28. The van der Waals surface area contributed by atoms with E-state index in [0.717, 1.165) is 12.2 Å². The highest BCUT2D eigenvalue weighted by molar-refractivity contribution is 5.80. The first-order valence-electron chi connectivity index (χ1n) is 7.75. The molecule has 1 aromatic rings. The quantitative estimate of drug-likeness (QED) is 0.869. The molecule has 1 aromatic heterocycles. The van der Waals surface area contributed by atoms with Gasteiger partial charge in [0.1, 0.15) is 5.78 Å². The van der Waals surface area contributed by atoms with Crippen molar-refractivity contribution in [1.82, 2.24) is 15.1 Å². The summed E-state index contributed by atoms with van der Waals surface area (Å²) in [5.41, 5.74) is 0.988. The Morgan fingerprint density at radius 3 is 2.75 bits per heavy atom. The topological polar surface area (TPSA) is 46.9 Å². The van der Waals surface area contributed by atoms with Crippen LogP contribution in [-0.4, -0.2) is 27.6 Å². The molecular formula is C16H27N3O. The highest BCUT2D eigenvalue weighted by atomic mass is 16.1. The van der Waals surface area contributed by atoms with Crippen LogP contribution in [0.15, 0.2) is 12.3 Å². The van der Waals surface area contributed by atoms with E-state index in [4.69, 9.17) is 0 Å². The van der Waals surface area contributed by atoms with Crippen molar-refractivity contribution in [3.8, 4) is 0 Å². The Balaban J connectivity index is 1.76. The van der Waals surface area contributed by atoms with Crippen LogP contribution in [0.5, 0.6) is 0 Å². The predicted octanol–water partition coefficient (Wildman–Crippen LogP) is 2.89. The van der Waals surface area contributed by atoms with Crippen molar-refractivity contribution in [2.45, 2.75) is 70.9 Å². The smallest absolute Gasteiger partial charge is 0.140 e. The van der Waals surface area contributed by atoms with E-state index in [9.17, 15) is 4.79 Å². The molecule has 1 saturated carbocycles. The minimum absolute atomic E-state index is 0.0737. The number of aromatic nitrogens is 2. The van der Waals surface area contributed by atoms with Crippen LogP contribution in [0.25, 0.3) is 0 Å². The van der Waals surface area contributed by atoms with E-state index in [-0.39, 0.29) is 11.3 Å². The number of rotatable bonds is 6. The SMILES string of the molecule is CC(C)(C)NCCC(=O)Cc1ccn(C2CCCC2)n1. The molecule has 2 rings (SSSR count). The van der Waals surface area contributed by atoms with Crippen LogP contribution in [0.4, 0.5) is 0 Å². The Morgan fingerprint density at radius 1 is 1.40 bits per heavy atom. The van der Waals surface area contributed by atoms with Gasteiger partial charge in [-0.3, -0.25) is 9.48 Å². The van der Waals surface area contributed by atoms with Crippen LogP contribution in [-0.2, 0) is 11.2 Å². The first kappa shape index (κ1) is 15.2. The molecule has 1 heterocycles. The number of carbonyl (C=O) groups is 1. The fourth-order valence-corrected chi connectivity index (χ4v) is 2.71. The van der Waals surface area contributed by atoms with E-state index < -0.39 is 0 Å². The summed E-state index contributed by atoms with van der Waals surface area (Å²) in [7, 11) is 0. The van der Waals surface area contributed by atoms with Crippen LogP contribution >= 0.6 is 0 Å². The Morgan fingerprint density at radius 2 is 2.10 bits per heavy atom. The molecule has 0 aliphatic heterocycles. The van der Waals surface area contributed by atoms with Gasteiger partial charge in [0, 0.05) is 24.7 Å². The average molecular weight is 277 g/mol. The summed E-state index contributed by atoms with van der Waals surface area (Å²) in [4.78, 5) is 11.9. The summed E-state index contributed by atoms with van der Waals surface area (Å²) >= 11 is 0. The lowest BCUT2D eigenvalue weighted by atomic mass is 10.1. The van der Waals surface area contributed by atoms with Crippen LogP contribution in [0, 0.1) is 0 Å². The molecule has 1 aliphatic carbocycles. The molecule has 1 aliphatic rings. The molecule has 0 aromatic carbocycles. The van der Waals surface area contributed by atoms with Gasteiger partial charge < -0.3 is 5.32 Å². The van der Waals surface area contributed by atoms with E-state index in [1.165, 1.54) is 25.7 Å². The van der Waals surface area contributed by atoms with E-state index in [1.54, 1.807) is 0 Å². The summed E-state index contributed by atoms with van der Waals surface area (Å²) in [6.45, 7) is 7.08. The molecule has 0 saturated heterocycles. The van der Waals surface area contributed by atoms with Crippen molar-refractivity contribution in [3.63, 3.8) is 0 Å². The third-order valence-electron chi connectivity index (χ3n) is 3.80. The van der Waals surface area contributed by atoms with Gasteiger partial charge in [-0.05, 0) is 39.7 Å². The van der Waals surface area contributed by atoms with Crippen molar-refractivity contribution >= 4 is 5.78 Å². The fraction of sp³-hybridized carbons (Fsp3) is 0.750. The highest BCUT2D eigenvalue weighted by Gasteiger charge is 2.18. The Labute approximate surface area is 121 Å². The first-order valence-corrected chi connectivity index (χ1v) is 7.75. The van der Waals surface area contributed by atoms with Gasteiger partial charge in [-0.2, -0.15) is 5.10 Å². The van der Waals surface area contributed by atoms with Gasteiger partial charge in [-0.1, -0.05) is 12.8 Å². The Bertz CT molecular complexity index is 439. The lowest BCUT2D eigenvalue weighted by Crippen LogP contribution is -2.37. The lowest BCUT2D eigenvalue weighted by Gasteiger charge is -2.19. The second-order valence-electron chi connectivity index (χ2n) is 6.87. The maximum atomic E-state index is 11.9. The molecule has 20 heavy (non-hydrogen) atoms. The summed E-state index contributed by atoms with van der Waals surface area (Å²) < 4.78 is 2.06. The Kier molecular flexibility index (Phi) is 4.97. The molecule has 112 valence electrons. The van der Waals surface area contributed by atoms with E-state index in [1.807, 2.05) is 12.3 Å². The molecule has 1 N–H and O–H groups in total. The van der Waals surface area contributed by atoms with Crippen molar-refractivity contribution < 1.29 is 4.79 Å². The number of hydrogen-bond donors (Lipinski definition) is 1. The van der Waals surface area contributed by atoms with Crippen LogP contribution in [0.2, 0.25) is 0 Å². The van der Waals surface area contributed by atoms with Gasteiger partial charge in [0.15, 0.2) is 0 Å². The summed E-state index contributed by atoms with van der Waals surface area (Å²) in [5, 5.41) is 7.91. The molecule has 4 heteroatoms. The monoisotopic (exact) mass is 277 g/mol. The van der Waals surface area contributed by atoms with Gasteiger partial charge in [-0.25, -0.2) is 0 Å². The molecule has 0 amide bonds. The van der Waals surface area contributed by atoms with Crippen LogP contribution < -0.4 is 5.32 Å². The minimum Gasteiger partial charge on any atom is -0.312 e. The van der Waals surface area contributed by atoms with Gasteiger partial charge in [-0.15, -0.1) is 0 Å². The standard InChI is InChI=1S/C16H27N3O/c1-16(2,3)17-10-8-15(20)12-13-9-11-19(18-13)14-6-4-5-7-14/h9,11,14,17H,4-8,10,12H2,1-3H3. The fourth-order valence-electron chi connectivity index (χ4n) is 2.71. The lowest BCUT2D eigenvalue weighted by molar-refractivity contribution is -0.118. The zero-order valence-corrected chi connectivity index (χ0v) is 13.0. The normalized spacial score (nSPS) is 16.8. The summed E-state index contributed by atoms with van der Waals surface area (Å²) in [6.07, 6.45) is 8.13. The van der Waals surface area contributed by atoms with Crippen molar-refractivity contribution in [3.05, 3.63) is 18.0 Å². The molecular weight excluding hydrogens is 250 g/mol. The third kappa shape index (κ3) is 4.75. The van der Waals surface area contributed by atoms with Gasteiger partial charge in [0.05, 0.1) is 18.2 Å². The van der Waals surface area contributed by atoms with Crippen molar-refractivity contribution in [2.24, 2.45) is 0 Å². The summed E-state index contributed by atoms with van der Waals surface area (Å²) in [5.74, 6) is 0.262. The number of ketones is 1. The number of nitrogens with zero attached hydrogens (tertiary/aromatic N) is 2. The zero-order chi connectivity index (χ0) is 14.6. The average Bonchev–Trinajstić information content (AvgIpc) is 2.96. The van der Waals surface area contributed by atoms with Crippen LogP contribution in [0.3, 0.4) is 0 Å².